The number of hydrogen-bond acceptors (Lipinski definition) is 8. The lowest BCUT2D eigenvalue weighted by molar-refractivity contribution is 0.102. The Morgan fingerprint density at radius 3 is 2.45 bits per heavy atom. The van der Waals surface area contributed by atoms with Gasteiger partial charge in [0.2, 0.25) is 5.13 Å². The highest BCUT2D eigenvalue weighted by Gasteiger charge is 2.22. The number of sulfonamides is 1. The van der Waals surface area contributed by atoms with Crippen LogP contribution in [0, 0.1) is 6.92 Å². The maximum Gasteiger partial charge on any atom is 0.291 e. The van der Waals surface area contributed by atoms with Gasteiger partial charge in [0.1, 0.15) is 0 Å². The number of carbonyl (C=O) groups excluding carboxylic acids is 1. The smallest absolute Gasteiger partial charge is 0.291 e. The summed E-state index contributed by atoms with van der Waals surface area (Å²) in [4.78, 5) is 12.4. The first-order valence-corrected chi connectivity index (χ1v) is 10.6. The number of methoxy groups -OCH3 is 2. The van der Waals surface area contributed by atoms with Gasteiger partial charge >= 0.3 is 0 Å². The standard InChI is InChI=1S/C18H18N4O5S2/c1-11-6-4-5-7-13(11)16(23)19-17-20-21-18(28-17)29(24,25)22-12-8-9-14(26-2)15(10-12)27-3/h4-10,22H,1-3H3,(H,19,20,23). The molecule has 11 heteroatoms. The molecule has 0 aliphatic carbocycles. The number of carbonyl (C=O) groups is 1. The van der Waals surface area contributed by atoms with E-state index >= 15 is 0 Å². The number of nitrogens with zero attached hydrogens (tertiary/aromatic N) is 2. The molecular formula is C18H18N4O5S2. The molecule has 29 heavy (non-hydrogen) atoms. The quantitative estimate of drug-likeness (QED) is 0.549. The third kappa shape index (κ3) is 4.63. The van der Waals surface area contributed by atoms with Gasteiger partial charge in [-0.2, -0.15) is 8.42 Å². The SMILES string of the molecule is COc1ccc(NS(=O)(=O)c2nnc(NC(=O)c3ccccc3C)s2)cc1OC. The lowest BCUT2D eigenvalue weighted by Crippen LogP contribution is -2.13. The Morgan fingerprint density at radius 1 is 1.03 bits per heavy atom. The van der Waals surface area contributed by atoms with Crippen LogP contribution in [0.2, 0.25) is 0 Å². The van der Waals surface area contributed by atoms with Crippen LogP contribution in [0.4, 0.5) is 10.8 Å². The van der Waals surface area contributed by atoms with E-state index in [1.54, 1.807) is 31.2 Å². The van der Waals surface area contributed by atoms with E-state index in [0.717, 1.165) is 16.9 Å². The average Bonchev–Trinajstić information content (AvgIpc) is 3.17. The fourth-order valence-electron chi connectivity index (χ4n) is 2.46. The molecule has 0 saturated carbocycles. The van der Waals surface area contributed by atoms with Gasteiger partial charge in [-0.3, -0.25) is 14.8 Å². The molecule has 152 valence electrons. The highest BCUT2D eigenvalue weighted by Crippen LogP contribution is 2.31. The van der Waals surface area contributed by atoms with E-state index in [-0.39, 0.29) is 15.2 Å². The minimum atomic E-state index is -4.00. The minimum Gasteiger partial charge on any atom is -0.493 e. The number of ether oxygens (including phenoxy) is 2. The zero-order chi connectivity index (χ0) is 21.0. The molecule has 0 aliphatic heterocycles. The molecule has 0 unspecified atom stereocenters. The van der Waals surface area contributed by atoms with Crippen molar-refractivity contribution < 1.29 is 22.7 Å². The molecule has 0 fully saturated rings. The van der Waals surface area contributed by atoms with Gasteiger partial charge in [0.15, 0.2) is 11.5 Å². The third-order valence-corrected chi connectivity index (χ3v) is 6.47. The number of hydrogen-bond donors (Lipinski definition) is 2. The average molecular weight is 434 g/mol. The summed E-state index contributed by atoms with van der Waals surface area (Å²) in [6, 6.07) is 11.6. The lowest BCUT2D eigenvalue weighted by Gasteiger charge is -2.10. The Labute approximate surface area is 171 Å². The van der Waals surface area contributed by atoms with Crippen LogP contribution in [0.25, 0.3) is 0 Å². The summed E-state index contributed by atoms with van der Waals surface area (Å²) in [6.07, 6.45) is 0. The number of aryl methyl sites for hydroxylation is 1. The Balaban J connectivity index is 1.77. The van der Waals surface area contributed by atoms with Crippen LogP contribution < -0.4 is 19.5 Å². The van der Waals surface area contributed by atoms with Crippen molar-refractivity contribution in [3.8, 4) is 11.5 Å². The number of amides is 1. The molecule has 2 N–H and O–H groups in total. The molecule has 1 heterocycles. The van der Waals surface area contributed by atoms with Crippen molar-refractivity contribution >= 4 is 38.1 Å². The van der Waals surface area contributed by atoms with Gasteiger partial charge in [0.05, 0.1) is 19.9 Å². The van der Waals surface area contributed by atoms with Crippen molar-refractivity contribution in [3.63, 3.8) is 0 Å². The van der Waals surface area contributed by atoms with Crippen molar-refractivity contribution in [2.24, 2.45) is 0 Å². The molecule has 0 spiro atoms. The van der Waals surface area contributed by atoms with Gasteiger partial charge in [-0.15, -0.1) is 10.2 Å². The van der Waals surface area contributed by atoms with Crippen molar-refractivity contribution in [2.75, 3.05) is 24.3 Å². The second kappa shape index (κ2) is 8.45. The van der Waals surface area contributed by atoms with Crippen LogP contribution in [-0.2, 0) is 10.0 Å². The normalized spacial score (nSPS) is 11.0. The van der Waals surface area contributed by atoms with Crippen molar-refractivity contribution in [1.29, 1.82) is 0 Å². The molecule has 1 amide bonds. The predicted molar refractivity (Wildman–Crippen MR) is 109 cm³/mol. The van der Waals surface area contributed by atoms with Crippen LogP contribution in [0.15, 0.2) is 46.8 Å². The van der Waals surface area contributed by atoms with E-state index in [1.165, 1.54) is 26.4 Å². The fraction of sp³-hybridized carbons (Fsp3) is 0.167. The highest BCUT2D eigenvalue weighted by atomic mass is 32.2. The topological polar surface area (TPSA) is 120 Å². The van der Waals surface area contributed by atoms with E-state index in [2.05, 4.69) is 20.2 Å². The number of nitrogens with one attached hydrogen (secondary N) is 2. The van der Waals surface area contributed by atoms with Gasteiger partial charge in [-0.05, 0) is 30.7 Å². The number of rotatable bonds is 7. The van der Waals surface area contributed by atoms with E-state index in [0.29, 0.717) is 17.1 Å². The summed E-state index contributed by atoms with van der Waals surface area (Å²) in [7, 11) is -1.07. The van der Waals surface area contributed by atoms with E-state index < -0.39 is 15.9 Å². The van der Waals surface area contributed by atoms with Gasteiger partial charge in [-0.1, -0.05) is 29.5 Å². The molecule has 9 nitrogen and oxygen atoms in total. The number of aromatic nitrogens is 2. The maximum absolute atomic E-state index is 12.6. The largest absolute Gasteiger partial charge is 0.493 e. The summed E-state index contributed by atoms with van der Waals surface area (Å²) in [6.45, 7) is 1.80. The first-order valence-electron chi connectivity index (χ1n) is 8.29. The lowest BCUT2D eigenvalue weighted by atomic mass is 10.1. The molecule has 3 rings (SSSR count). The van der Waals surface area contributed by atoms with E-state index in [9.17, 15) is 13.2 Å². The molecular weight excluding hydrogens is 416 g/mol. The van der Waals surface area contributed by atoms with Crippen LogP contribution in [0.1, 0.15) is 15.9 Å². The molecule has 0 aliphatic rings. The highest BCUT2D eigenvalue weighted by molar-refractivity contribution is 7.94. The molecule has 0 bridgehead atoms. The van der Waals surface area contributed by atoms with Crippen LogP contribution in [0.5, 0.6) is 11.5 Å². The Hall–Kier alpha value is -3.18. The van der Waals surface area contributed by atoms with Crippen LogP contribution in [0.3, 0.4) is 0 Å². The Morgan fingerprint density at radius 2 is 1.76 bits per heavy atom. The zero-order valence-electron chi connectivity index (χ0n) is 15.8. The van der Waals surface area contributed by atoms with Crippen molar-refractivity contribution in [1.82, 2.24) is 10.2 Å². The van der Waals surface area contributed by atoms with Crippen molar-refractivity contribution in [2.45, 2.75) is 11.3 Å². The number of anilines is 2. The summed E-state index contributed by atoms with van der Waals surface area (Å²) >= 11 is 0.745. The fourth-order valence-corrected chi connectivity index (χ4v) is 4.41. The summed E-state index contributed by atoms with van der Waals surface area (Å²) in [5, 5.41) is 10.1. The van der Waals surface area contributed by atoms with E-state index in [1.807, 2.05) is 6.07 Å². The summed E-state index contributed by atoms with van der Waals surface area (Å²) < 4.78 is 37.6. The first-order chi connectivity index (χ1) is 13.8. The minimum absolute atomic E-state index is 0.0749. The first kappa shape index (κ1) is 20.6. The predicted octanol–water partition coefficient (Wildman–Crippen LogP) is 2.92. The van der Waals surface area contributed by atoms with Crippen LogP contribution in [-0.4, -0.2) is 38.7 Å². The summed E-state index contributed by atoms with van der Waals surface area (Å²) in [5.74, 6) is 0.444. The molecule has 3 aromatic rings. The molecule has 1 aromatic heterocycles. The molecule has 0 atom stereocenters. The maximum atomic E-state index is 12.6. The Bertz CT molecular complexity index is 1140. The third-order valence-electron chi connectivity index (χ3n) is 3.88. The Kier molecular flexibility index (Phi) is 5.99. The van der Waals surface area contributed by atoms with E-state index in [4.69, 9.17) is 9.47 Å². The van der Waals surface area contributed by atoms with Gasteiger partial charge < -0.3 is 9.47 Å². The molecule has 0 radical (unpaired) electrons. The molecule has 2 aromatic carbocycles. The summed E-state index contributed by atoms with van der Waals surface area (Å²) in [5.41, 5.74) is 1.52. The van der Waals surface area contributed by atoms with Gasteiger partial charge in [0.25, 0.3) is 20.3 Å². The van der Waals surface area contributed by atoms with Gasteiger partial charge in [0, 0.05) is 11.6 Å². The van der Waals surface area contributed by atoms with Gasteiger partial charge in [-0.25, -0.2) is 0 Å². The monoisotopic (exact) mass is 434 g/mol. The van der Waals surface area contributed by atoms with Crippen LogP contribution >= 0.6 is 11.3 Å². The zero-order valence-corrected chi connectivity index (χ0v) is 17.4. The second-order valence-corrected chi connectivity index (χ2v) is 8.65. The molecule has 0 saturated heterocycles. The number of benzene rings is 2. The van der Waals surface area contributed by atoms with Crippen molar-refractivity contribution in [3.05, 3.63) is 53.6 Å². The second-order valence-electron chi connectivity index (χ2n) is 5.82.